The Morgan fingerprint density at radius 2 is 1.88 bits per heavy atom. The topological polar surface area (TPSA) is 43.4 Å². The Bertz CT molecular complexity index is 409. The van der Waals surface area contributed by atoms with Crippen LogP contribution < -0.4 is 0 Å². The summed E-state index contributed by atoms with van der Waals surface area (Å²) in [4.78, 5) is 22.7. The lowest BCUT2D eigenvalue weighted by atomic mass is 10.1. The summed E-state index contributed by atoms with van der Waals surface area (Å²) in [6.45, 7) is 3.55. The molecule has 17 heavy (non-hydrogen) atoms. The summed E-state index contributed by atoms with van der Waals surface area (Å²) in [6.07, 6.45) is 1.53. The first kappa shape index (κ1) is 13.1. The van der Waals surface area contributed by atoms with E-state index in [0.29, 0.717) is 5.56 Å². The summed E-state index contributed by atoms with van der Waals surface area (Å²) in [5, 5.41) is 0. The lowest BCUT2D eigenvalue weighted by Gasteiger charge is -2.02. The van der Waals surface area contributed by atoms with Crippen LogP contribution in [0.2, 0.25) is 0 Å². The molecule has 0 fully saturated rings. The molecule has 4 heteroatoms. The molecular weight excluding hydrogens is 223 g/mol. The third-order valence-corrected chi connectivity index (χ3v) is 2.08. The number of hydrogen-bond acceptors (Lipinski definition) is 3. The first-order valence-electron chi connectivity index (χ1n) is 5.19. The lowest BCUT2D eigenvalue weighted by molar-refractivity contribution is -0.142. The molecule has 0 spiro atoms. The van der Waals surface area contributed by atoms with Crippen LogP contribution in [0.15, 0.2) is 36.9 Å². The number of carbonyl (C=O) groups is 2. The van der Waals surface area contributed by atoms with Gasteiger partial charge >= 0.3 is 5.97 Å². The van der Waals surface area contributed by atoms with E-state index in [-0.39, 0.29) is 25.2 Å². The van der Waals surface area contributed by atoms with Crippen molar-refractivity contribution < 1.29 is 18.7 Å². The van der Waals surface area contributed by atoms with Crippen molar-refractivity contribution in [2.75, 3.05) is 6.61 Å². The molecule has 3 nitrogen and oxygen atoms in total. The van der Waals surface area contributed by atoms with Crippen LogP contribution in [0, 0.1) is 5.82 Å². The van der Waals surface area contributed by atoms with E-state index in [0.717, 1.165) is 0 Å². The number of esters is 1. The highest BCUT2D eigenvalue weighted by molar-refractivity contribution is 5.97. The van der Waals surface area contributed by atoms with Gasteiger partial charge in [0.2, 0.25) is 0 Å². The Morgan fingerprint density at radius 3 is 2.47 bits per heavy atom. The number of carbonyl (C=O) groups excluding carboxylic acids is 2. The second kappa shape index (κ2) is 6.58. The molecule has 1 aromatic carbocycles. The monoisotopic (exact) mass is 236 g/mol. The molecule has 1 aromatic rings. The van der Waals surface area contributed by atoms with Crippen LogP contribution in [0.3, 0.4) is 0 Å². The van der Waals surface area contributed by atoms with E-state index in [1.165, 1.54) is 30.3 Å². The molecule has 0 saturated heterocycles. The molecule has 0 N–H and O–H groups in total. The maximum Gasteiger partial charge on any atom is 0.306 e. The molecule has 0 aromatic heterocycles. The molecule has 0 bridgehead atoms. The zero-order valence-electron chi connectivity index (χ0n) is 9.32. The van der Waals surface area contributed by atoms with Gasteiger partial charge in [-0.25, -0.2) is 4.39 Å². The van der Waals surface area contributed by atoms with E-state index in [2.05, 4.69) is 6.58 Å². The van der Waals surface area contributed by atoms with Gasteiger partial charge in [0.15, 0.2) is 5.78 Å². The lowest BCUT2D eigenvalue weighted by Crippen LogP contribution is -2.08. The molecule has 0 saturated carbocycles. The highest BCUT2D eigenvalue weighted by atomic mass is 19.1. The van der Waals surface area contributed by atoms with E-state index in [4.69, 9.17) is 4.74 Å². The standard InChI is InChI=1S/C13H13FO3/c1-2-9-17-13(16)8-7-12(15)10-3-5-11(14)6-4-10/h2-6H,1,7-9H2. The minimum atomic E-state index is -0.444. The van der Waals surface area contributed by atoms with Crippen molar-refractivity contribution >= 4 is 11.8 Å². The van der Waals surface area contributed by atoms with Crippen molar-refractivity contribution in [1.82, 2.24) is 0 Å². The highest BCUT2D eigenvalue weighted by Gasteiger charge is 2.09. The minimum absolute atomic E-state index is 0.0179. The first-order chi connectivity index (χ1) is 8.13. The molecule has 0 aliphatic heterocycles. The highest BCUT2D eigenvalue weighted by Crippen LogP contribution is 2.07. The van der Waals surface area contributed by atoms with Gasteiger partial charge in [0.05, 0.1) is 6.42 Å². The Morgan fingerprint density at radius 1 is 1.24 bits per heavy atom. The molecule has 0 unspecified atom stereocenters. The fraction of sp³-hybridized carbons (Fsp3) is 0.231. The van der Waals surface area contributed by atoms with E-state index < -0.39 is 11.8 Å². The average molecular weight is 236 g/mol. The van der Waals surface area contributed by atoms with Gasteiger partial charge in [0, 0.05) is 12.0 Å². The molecule has 0 atom stereocenters. The fourth-order valence-electron chi connectivity index (χ4n) is 1.22. The van der Waals surface area contributed by atoms with Gasteiger partial charge in [-0.15, -0.1) is 0 Å². The molecule has 1 rings (SSSR count). The molecule has 0 aliphatic carbocycles. The smallest absolute Gasteiger partial charge is 0.306 e. The van der Waals surface area contributed by atoms with Gasteiger partial charge in [0.25, 0.3) is 0 Å². The normalized spacial score (nSPS) is 9.71. The molecule has 0 aliphatic rings. The summed E-state index contributed by atoms with van der Waals surface area (Å²) in [6, 6.07) is 5.21. The zero-order valence-corrected chi connectivity index (χ0v) is 9.32. The first-order valence-corrected chi connectivity index (χ1v) is 5.19. The van der Waals surface area contributed by atoms with Gasteiger partial charge in [0.1, 0.15) is 12.4 Å². The average Bonchev–Trinajstić information content (AvgIpc) is 2.34. The third-order valence-electron chi connectivity index (χ3n) is 2.08. The molecule has 90 valence electrons. The van der Waals surface area contributed by atoms with Crippen LogP contribution in [-0.2, 0) is 9.53 Å². The third kappa shape index (κ3) is 4.59. The second-order valence-corrected chi connectivity index (χ2v) is 3.40. The number of ketones is 1. The van der Waals surface area contributed by atoms with Crippen molar-refractivity contribution in [3.8, 4) is 0 Å². The predicted octanol–water partition coefficient (Wildman–Crippen LogP) is 2.52. The van der Waals surface area contributed by atoms with Crippen molar-refractivity contribution in [3.63, 3.8) is 0 Å². The number of benzene rings is 1. The number of halogens is 1. The van der Waals surface area contributed by atoms with Crippen LogP contribution >= 0.6 is 0 Å². The van der Waals surface area contributed by atoms with E-state index in [9.17, 15) is 14.0 Å². The summed E-state index contributed by atoms with van der Waals surface area (Å²) < 4.78 is 17.3. The van der Waals surface area contributed by atoms with Crippen molar-refractivity contribution in [1.29, 1.82) is 0 Å². The van der Waals surface area contributed by atoms with Gasteiger partial charge in [-0.3, -0.25) is 9.59 Å². The second-order valence-electron chi connectivity index (χ2n) is 3.40. The van der Waals surface area contributed by atoms with Crippen LogP contribution in [0.5, 0.6) is 0 Å². The van der Waals surface area contributed by atoms with Crippen molar-refractivity contribution in [3.05, 3.63) is 48.3 Å². The van der Waals surface area contributed by atoms with Crippen molar-refractivity contribution in [2.45, 2.75) is 12.8 Å². The Balaban J connectivity index is 2.42. The number of Topliss-reactive ketones (excluding diaryl/α,β-unsaturated/α-hetero) is 1. The maximum atomic E-state index is 12.6. The Labute approximate surface area is 98.9 Å². The van der Waals surface area contributed by atoms with E-state index in [1.54, 1.807) is 0 Å². The predicted molar refractivity (Wildman–Crippen MR) is 61.1 cm³/mol. The fourth-order valence-corrected chi connectivity index (χ4v) is 1.22. The van der Waals surface area contributed by atoms with E-state index in [1.807, 2.05) is 0 Å². The van der Waals surface area contributed by atoms with Gasteiger partial charge < -0.3 is 4.74 Å². The summed E-state index contributed by atoms with van der Waals surface area (Å²) >= 11 is 0. The Hall–Kier alpha value is -1.97. The van der Waals surface area contributed by atoms with Crippen LogP contribution in [0.25, 0.3) is 0 Å². The van der Waals surface area contributed by atoms with Gasteiger partial charge in [-0.05, 0) is 24.3 Å². The molecule has 0 radical (unpaired) electrons. The SMILES string of the molecule is C=CCOC(=O)CCC(=O)c1ccc(F)cc1. The minimum Gasteiger partial charge on any atom is -0.461 e. The number of ether oxygens (including phenoxy) is 1. The summed E-state index contributed by atoms with van der Waals surface area (Å²) in [7, 11) is 0. The number of rotatable bonds is 6. The van der Waals surface area contributed by atoms with Crippen LogP contribution in [-0.4, -0.2) is 18.4 Å². The quantitative estimate of drug-likeness (QED) is 0.433. The van der Waals surface area contributed by atoms with Gasteiger partial charge in [-0.1, -0.05) is 12.7 Å². The maximum absolute atomic E-state index is 12.6. The molecular formula is C13H13FO3. The van der Waals surface area contributed by atoms with Crippen LogP contribution in [0.1, 0.15) is 23.2 Å². The zero-order chi connectivity index (χ0) is 12.7. The number of hydrogen-bond donors (Lipinski definition) is 0. The van der Waals surface area contributed by atoms with Gasteiger partial charge in [-0.2, -0.15) is 0 Å². The summed E-state index contributed by atoms with van der Waals surface area (Å²) in [5.41, 5.74) is 0.392. The van der Waals surface area contributed by atoms with E-state index >= 15 is 0 Å². The summed E-state index contributed by atoms with van der Waals surface area (Å²) in [5.74, 6) is -1.05. The molecule has 0 heterocycles. The van der Waals surface area contributed by atoms with Crippen LogP contribution in [0.4, 0.5) is 4.39 Å². The van der Waals surface area contributed by atoms with Crippen molar-refractivity contribution in [2.24, 2.45) is 0 Å². The largest absolute Gasteiger partial charge is 0.461 e. The Kier molecular flexibility index (Phi) is 5.07. The molecule has 0 amide bonds.